The van der Waals surface area contributed by atoms with Crippen LogP contribution in [0.1, 0.15) is 250 Å². The third-order valence-corrected chi connectivity index (χ3v) is 19.5. The van der Waals surface area contributed by atoms with E-state index in [0.717, 1.165) is 47.8 Å². The smallest absolute Gasteiger partial charge is 0.0787 e. The normalized spacial score (nSPS) is 35.8. The predicted molar refractivity (Wildman–Crippen MR) is 220 cm³/mol. The van der Waals surface area contributed by atoms with Crippen molar-refractivity contribution in [1.29, 1.82) is 0 Å². The molecule has 9 aliphatic rings. The van der Waals surface area contributed by atoms with E-state index in [2.05, 4.69) is 9.80 Å². The Hall–Kier alpha value is -0.0800. The highest BCUT2D eigenvalue weighted by molar-refractivity contribution is 5.28. The lowest BCUT2D eigenvalue weighted by atomic mass is 9.28. The van der Waals surface area contributed by atoms with E-state index in [4.69, 9.17) is 0 Å². The first-order valence-electron chi connectivity index (χ1n) is 25.4. The van der Waals surface area contributed by atoms with Gasteiger partial charge in [0.15, 0.2) is 0 Å². The molecule has 0 aromatic rings. The highest BCUT2D eigenvalue weighted by atomic mass is 15.5. The highest BCUT2D eigenvalue weighted by Gasteiger charge is 2.79. The van der Waals surface area contributed by atoms with Gasteiger partial charge in [0.05, 0.1) is 5.66 Å². The Morgan fingerprint density at radius 1 is 0.269 bits per heavy atom. The second kappa shape index (κ2) is 16.8. The number of hydrogen-bond acceptors (Lipinski definition) is 2. The summed E-state index contributed by atoms with van der Waals surface area (Å²) in [4.78, 5) is 7.25. The minimum Gasteiger partial charge on any atom is -0.279 e. The maximum atomic E-state index is 3.62. The van der Waals surface area contributed by atoms with E-state index in [1.165, 1.54) is 148 Å². The number of hydrogen-bond donors (Lipinski definition) is 0. The summed E-state index contributed by atoms with van der Waals surface area (Å²) in [6.07, 6.45) is 60.5. The van der Waals surface area contributed by atoms with Gasteiger partial charge in [-0.3, -0.25) is 9.80 Å². The first-order chi connectivity index (χ1) is 25.8. The molecule has 0 aromatic heterocycles. The Kier molecular flexibility index (Phi) is 12.1. The fourth-order valence-corrected chi connectivity index (χ4v) is 17.9. The molecule has 0 aromatic carbocycles. The van der Waals surface area contributed by atoms with E-state index in [9.17, 15) is 0 Å². The third kappa shape index (κ3) is 6.47. The molecule has 0 saturated heterocycles. The van der Waals surface area contributed by atoms with Crippen molar-refractivity contribution in [3.8, 4) is 0 Å². The molecule has 9 rings (SSSR count). The van der Waals surface area contributed by atoms with Crippen LogP contribution in [0.15, 0.2) is 0 Å². The predicted octanol–water partition coefficient (Wildman–Crippen LogP) is 14.5. The molecule has 0 spiro atoms. The van der Waals surface area contributed by atoms with Crippen molar-refractivity contribution in [1.82, 2.24) is 9.80 Å². The van der Waals surface area contributed by atoms with Crippen LogP contribution in [0.2, 0.25) is 0 Å². The van der Waals surface area contributed by atoms with Crippen LogP contribution in [0.3, 0.4) is 0 Å². The van der Waals surface area contributed by atoms with Crippen LogP contribution in [0.5, 0.6) is 0 Å². The average Bonchev–Trinajstić information content (AvgIpc) is 3.23. The van der Waals surface area contributed by atoms with Gasteiger partial charge in [0, 0.05) is 24.2 Å². The average molecular weight is 715 g/mol. The summed E-state index contributed by atoms with van der Waals surface area (Å²) in [6, 6.07) is 3.49. The molecule has 2 heteroatoms. The van der Waals surface area contributed by atoms with Gasteiger partial charge in [0.2, 0.25) is 0 Å². The van der Waals surface area contributed by atoms with Crippen LogP contribution in [0.25, 0.3) is 0 Å². The van der Waals surface area contributed by atoms with Crippen LogP contribution in [0.4, 0.5) is 0 Å². The summed E-state index contributed by atoms with van der Waals surface area (Å²) in [7, 11) is 0. The fourth-order valence-electron chi connectivity index (χ4n) is 17.9. The molecule has 9 aliphatic carbocycles. The first-order valence-corrected chi connectivity index (χ1v) is 25.4. The van der Waals surface area contributed by atoms with Gasteiger partial charge in [-0.15, -0.1) is 0 Å². The van der Waals surface area contributed by atoms with Crippen molar-refractivity contribution in [2.75, 3.05) is 0 Å². The zero-order chi connectivity index (χ0) is 34.9. The molecule has 0 bridgehead atoms. The maximum absolute atomic E-state index is 3.62. The molecule has 0 radical (unpaired) electrons. The van der Waals surface area contributed by atoms with Crippen LogP contribution < -0.4 is 0 Å². The van der Waals surface area contributed by atoms with Gasteiger partial charge in [0.25, 0.3) is 0 Å². The van der Waals surface area contributed by atoms with Crippen molar-refractivity contribution in [2.45, 2.75) is 280 Å². The molecule has 0 heterocycles. The topological polar surface area (TPSA) is 6.48 Å². The number of nitrogens with zero attached hydrogens (tertiary/aromatic N) is 2. The molecule has 0 N–H and O–H groups in total. The van der Waals surface area contributed by atoms with Crippen LogP contribution in [-0.2, 0) is 0 Å². The Bertz CT molecular complexity index is 993. The van der Waals surface area contributed by atoms with E-state index in [0.29, 0.717) is 16.5 Å². The van der Waals surface area contributed by atoms with E-state index >= 15 is 0 Å². The highest BCUT2D eigenvalue weighted by Crippen LogP contribution is 2.80. The van der Waals surface area contributed by atoms with Gasteiger partial charge >= 0.3 is 0 Å². The molecular formula is C50H86N2. The van der Waals surface area contributed by atoms with Gasteiger partial charge in [-0.25, -0.2) is 0 Å². The van der Waals surface area contributed by atoms with E-state index < -0.39 is 0 Å². The van der Waals surface area contributed by atoms with Gasteiger partial charge in [0.1, 0.15) is 0 Å². The summed E-state index contributed by atoms with van der Waals surface area (Å²) >= 11 is 0. The van der Waals surface area contributed by atoms with Crippen LogP contribution in [-0.4, -0.2) is 39.6 Å². The summed E-state index contributed by atoms with van der Waals surface area (Å²) in [5, 5.41) is 0. The Morgan fingerprint density at radius 2 is 0.558 bits per heavy atom. The molecule has 2 atom stereocenters. The molecule has 296 valence electrons. The Morgan fingerprint density at radius 3 is 0.885 bits per heavy atom. The Labute approximate surface area is 323 Å². The van der Waals surface area contributed by atoms with E-state index in [-0.39, 0.29) is 0 Å². The minimum absolute atomic E-state index is 0.362. The molecule has 52 heavy (non-hydrogen) atoms. The van der Waals surface area contributed by atoms with Crippen molar-refractivity contribution in [2.24, 2.45) is 34.5 Å². The quantitative estimate of drug-likeness (QED) is 0.219. The molecule has 2 unspecified atom stereocenters. The van der Waals surface area contributed by atoms with E-state index in [1.807, 2.05) is 0 Å². The van der Waals surface area contributed by atoms with Gasteiger partial charge in [-0.2, -0.15) is 0 Å². The molecular weight excluding hydrogens is 629 g/mol. The zero-order valence-corrected chi connectivity index (χ0v) is 34.6. The maximum Gasteiger partial charge on any atom is 0.0787 e. The lowest BCUT2D eigenvalue weighted by molar-refractivity contribution is -0.362. The van der Waals surface area contributed by atoms with Crippen molar-refractivity contribution >= 4 is 0 Å². The fraction of sp³-hybridized carbons (Fsp3) is 1.00. The summed E-state index contributed by atoms with van der Waals surface area (Å²) in [5.41, 5.74) is 1.64. The summed E-state index contributed by atoms with van der Waals surface area (Å²) < 4.78 is 0. The monoisotopic (exact) mass is 715 g/mol. The third-order valence-electron chi connectivity index (χ3n) is 19.5. The molecule has 2 nitrogen and oxygen atoms in total. The van der Waals surface area contributed by atoms with Crippen molar-refractivity contribution in [3.05, 3.63) is 0 Å². The van der Waals surface area contributed by atoms with Gasteiger partial charge in [-0.05, 0) is 144 Å². The van der Waals surface area contributed by atoms with Crippen molar-refractivity contribution < 1.29 is 0 Å². The lowest BCUT2D eigenvalue weighted by Gasteiger charge is -2.83. The van der Waals surface area contributed by atoms with Gasteiger partial charge in [-0.1, -0.05) is 141 Å². The van der Waals surface area contributed by atoms with Gasteiger partial charge < -0.3 is 0 Å². The van der Waals surface area contributed by atoms with Crippen LogP contribution >= 0.6 is 0 Å². The molecule has 0 amide bonds. The molecule has 9 fully saturated rings. The summed E-state index contributed by atoms with van der Waals surface area (Å²) in [6.45, 7) is 0. The van der Waals surface area contributed by atoms with Crippen LogP contribution in [0, 0.1) is 34.5 Å². The standard InChI is InChI=1S/C50H86N2/c1-8-23-40(24-9-1)48(41-25-10-2-11-26-41)38-22-37-47-49(48,42-27-12-3-13-28-42)39-50(47,51(43-29-14-4-15-30-43)44-31-16-5-17-32-44)52(45-33-18-6-19-34-45)46-35-20-7-21-36-46/h40-47H,1-39H2. The second-order valence-electron chi connectivity index (χ2n) is 21.6. The first kappa shape index (κ1) is 37.5. The van der Waals surface area contributed by atoms with Crippen molar-refractivity contribution in [3.63, 3.8) is 0 Å². The second-order valence-corrected chi connectivity index (χ2v) is 21.6. The van der Waals surface area contributed by atoms with E-state index in [1.54, 1.807) is 103 Å². The molecule has 9 saturated carbocycles. The lowest BCUT2D eigenvalue weighted by Crippen LogP contribution is -2.86. The zero-order valence-electron chi connectivity index (χ0n) is 34.6. The summed E-state index contributed by atoms with van der Waals surface area (Å²) in [5.74, 6) is 4.07. The minimum atomic E-state index is 0.362. The molecule has 0 aliphatic heterocycles. The Balaban J connectivity index is 1.25. The largest absolute Gasteiger partial charge is 0.279 e. The SMILES string of the molecule is C1CCC(N(C2CCCCC2)C2(N(C3CCCCC3)C3CCCCC3)CC3(C4CCCCC4)C2CCCC3(C2CCCCC2)C2CCCCC2)CC1. The number of rotatable bonds is 9. The number of fused-ring (bicyclic) bond motifs is 1.